The average molecular weight is 170 g/mol. The van der Waals surface area contributed by atoms with Crippen LogP contribution in [-0.4, -0.2) is 13.2 Å². The van der Waals surface area contributed by atoms with E-state index in [1.807, 2.05) is 0 Å². The third-order valence-corrected chi connectivity index (χ3v) is 3.15. The van der Waals surface area contributed by atoms with Crippen molar-refractivity contribution >= 4 is 0 Å². The molecule has 1 nitrogen and oxygen atoms in total. The maximum Gasteiger partial charge on any atom is 0.0496 e. The molecule has 1 heterocycles. The minimum atomic E-state index is 0.784. The van der Waals surface area contributed by atoms with Gasteiger partial charge in [-0.3, -0.25) is 0 Å². The van der Waals surface area contributed by atoms with Crippen LogP contribution < -0.4 is 0 Å². The molecular weight excluding hydrogens is 148 g/mol. The third kappa shape index (κ3) is 2.48. The van der Waals surface area contributed by atoms with E-state index in [0.29, 0.717) is 0 Å². The van der Waals surface area contributed by atoms with Crippen molar-refractivity contribution in [1.29, 1.82) is 0 Å². The van der Waals surface area contributed by atoms with Crippen LogP contribution >= 0.6 is 0 Å². The molecule has 1 heteroatoms. The zero-order valence-corrected chi connectivity index (χ0v) is 8.84. The Balaban J connectivity index is 2.40. The van der Waals surface area contributed by atoms with E-state index in [2.05, 4.69) is 27.7 Å². The van der Waals surface area contributed by atoms with Crippen LogP contribution in [0.4, 0.5) is 0 Å². The van der Waals surface area contributed by atoms with Crippen molar-refractivity contribution < 1.29 is 4.74 Å². The quantitative estimate of drug-likeness (QED) is 0.619. The van der Waals surface area contributed by atoms with Crippen molar-refractivity contribution in [2.75, 3.05) is 13.2 Å². The van der Waals surface area contributed by atoms with Gasteiger partial charge >= 0.3 is 0 Å². The lowest BCUT2D eigenvalue weighted by atomic mass is 9.81. The van der Waals surface area contributed by atoms with Gasteiger partial charge in [-0.2, -0.15) is 0 Å². The van der Waals surface area contributed by atoms with E-state index in [4.69, 9.17) is 4.74 Å². The molecule has 0 aromatic rings. The first-order valence-electron chi connectivity index (χ1n) is 5.19. The van der Waals surface area contributed by atoms with Gasteiger partial charge in [-0.1, -0.05) is 27.7 Å². The fraction of sp³-hybridized carbons (Fsp3) is 1.00. The summed E-state index contributed by atoms with van der Waals surface area (Å²) in [6.45, 7) is 11.2. The van der Waals surface area contributed by atoms with Crippen LogP contribution in [0, 0.1) is 23.7 Å². The third-order valence-electron chi connectivity index (χ3n) is 3.15. The lowest BCUT2D eigenvalue weighted by Gasteiger charge is -2.33. The molecule has 1 aliphatic rings. The lowest BCUT2D eigenvalue weighted by molar-refractivity contribution is -0.0147. The number of hydrogen-bond donors (Lipinski definition) is 0. The molecule has 0 aromatic carbocycles. The first kappa shape index (κ1) is 10.0. The zero-order chi connectivity index (χ0) is 9.14. The van der Waals surface area contributed by atoms with Crippen LogP contribution in [0.2, 0.25) is 0 Å². The Hall–Kier alpha value is -0.0400. The lowest BCUT2D eigenvalue weighted by Crippen LogP contribution is -2.31. The molecule has 72 valence electrons. The highest BCUT2D eigenvalue weighted by Crippen LogP contribution is 2.29. The molecule has 0 saturated carbocycles. The molecule has 2 atom stereocenters. The van der Waals surface area contributed by atoms with E-state index >= 15 is 0 Å². The second kappa shape index (κ2) is 4.27. The highest BCUT2D eigenvalue weighted by atomic mass is 16.5. The summed E-state index contributed by atoms with van der Waals surface area (Å²) in [7, 11) is 0. The van der Waals surface area contributed by atoms with Gasteiger partial charge < -0.3 is 4.74 Å². The molecule has 1 saturated heterocycles. The summed E-state index contributed by atoms with van der Waals surface area (Å²) in [4.78, 5) is 0. The molecule has 12 heavy (non-hydrogen) atoms. The highest BCUT2D eigenvalue weighted by Gasteiger charge is 2.26. The summed E-state index contributed by atoms with van der Waals surface area (Å²) in [5.41, 5.74) is 0. The second-order valence-electron chi connectivity index (χ2n) is 4.78. The highest BCUT2D eigenvalue weighted by molar-refractivity contribution is 4.74. The van der Waals surface area contributed by atoms with Crippen LogP contribution in [-0.2, 0) is 4.74 Å². The minimum absolute atomic E-state index is 0.784. The molecular formula is C11H22O. The van der Waals surface area contributed by atoms with Crippen molar-refractivity contribution in [2.45, 2.75) is 34.1 Å². The summed E-state index contributed by atoms with van der Waals surface area (Å²) < 4.78 is 5.62. The standard InChI is InChI=1S/C11H22O/c1-8(2)10-5-11(9(3)4)7-12-6-10/h8-11H,5-7H2,1-4H3. The summed E-state index contributed by atoms with van der Waals surface area (Å²) >= 11 is 0. The van der Waals surface area contributed by atoms with E-state index in [-0.39, 0.29) is 0 Å². The van der Waals surface area contributed by atoms with Crippen LogP contribution in [0.1, 0.15) is 34.1 Å². The Morgan fingerprint density at radius 3 is 1.67 bits per heavy atom. The first-order chi connectivity index (χ1) is 5.61. The largest absolute Gasteiger partial charge is 0.381 e. The number of ether oxygens (including phenoxy) is 1. The Bertz CT molecular complexity index is 115. The minimum Gasteiger partial charge on any atom is -0.381 e. The fourth-order valence-corrected chi connectivity index (χ4v) is 1.82. The predicted molar refractivity (Wildman–Crippen MR) is 52.1 cm³/mol. The molecule has 0 aliphatic carbocycles. The zero-order valence-electron chi connectivity index (χ0n) is 8.84. The van der Waals surface area contributed by atoms with E-state index < -0.39 is 0 Å². The van der Waals surface area contributed by atoms with Gasteiger partial charge in [0.2, 0.25) is 0 Å². The molecule has 0 radical (unpaired) electrons. The number of rotatable bonds is 2. The van der Waals surface area contributed by atoms with Crippen LogP contribution in [0.5, 0.6) is 0 Å². The van der Waals surface area contributed by atoms with E-state index in [9.17, 15) is 0 Å². The van der Waals surface area contributed by atoms with Crippen LogP contribution in [0.25, 0.3) is 0 Å². The van der Waals surface area contributed by atoms with Gasteiger partial charge in [-0.25, -0.2) is 0 Å². The van der Waals surface area contributed by atoms with Crippen LogP contribution in [0.3, 0.4) is 0 Å². The van der Waals surface area contributed by atoms with Gasteiger partial charge in [0.05, 0.1) is 0 Å². The van der Waals surface area contributed by atoms with Gasteiger partial charge in [-0.15, -0.1) is 0 Å². The van der Waals surface area contributed by atoms with Crippen molar-refractivity contribution in [2.24, 2.45) is 23.7 Å². The maximum absolute atomic E-state index is 5.62. The number of hydrogen-bond acceptors (Lipinski definition) is 1. The Kier molecular flexibility index (Phi) is 3.57. The van der Waals surface area contributed by atoms with E-state index in [0.717, 1.165) is 36.9 Å². The van der Waals surface area contributed by atoms with Crippen molar-refractivity contribution in [3.63, 3.8) is 0 Å². The van der Waals surface area contributed by atoms with Crippen molar-refractivity contribution in [3.05, 3.63) is 0 Å². The fourth-order valence-electron chi connectivity index (χ4n) is 1.82. The topological polar surface area (TPSA) is 9.23 Å². The second-order valence-corrected chi connectivity index (χ2v) is 4.78. The molecule has 0 spiro atoms. The smallest absolute Gasteiger partial charge is 0.0496 e. The molecule has 2 unspecified atom stereocenters. The Labute approximate surface area is 76.5 Å². The predicted octanol–water partition coefficient (Wildman–Crippen LogP) is 2.95. The van der Waals surface area contributed by atoms with Gasteiger partial charge in [-0.05, 0) is 30.1 Å². The summed E-state index contributed by atoms with van der Waals surface area (Å²) in [5.74, 6) is 3.16. The van der Waals surface area contributed by atoms with Gasteiger partial charge in [0.15, 0.2) is 0 Å². The Morgan fingerprint density at radius 1 is 0.917 bits per heavy atom. The van der Waals surface area contributed by atoms with Crippen LogP contribution in [0.15, 0.2) is 0 Å². The van der Waals surface area contributed by atoms with Crippen molar-refractivity contribution in [1.82, 2.24) is 0 Å². The van der Waals surface area contributed by atoms with Crippen molar-refractivity contribution in [3.8, 4) is 0 Å². The van der Waals surface area contributed by atoms with Gasteiger partial charge in [0.25, 0.3) is 0 Å². The summed E-state index contributed by atoms with van der Waals surface area (Å²) in [6.07, 6.45) is 1.37. The van der Waals surface area contributed by atoms with Gasteiger partial charge in [0, 0.05) is 13.2 Å². The summed E-state index contributed by atoms with van der Waals surface area (Å²) in [5, 5.41) is 0. The maximum atomic E-state index is 5.62. The first-order valence-corrected chi connectivity index (χ1v) is 5.19. The molecule has 0 bridgehead atoms. The molecule has 1 fully saturated rings. The van der Waals surface area contributed by atoms with Gasteiger partial charge in [0.1, 0.15) is 0 Å². The Morgan fingerprint density at radius 2 is 1.33 bits per heavy atom. The van der Waals surface area contributed by atoms with E-state index in [1.165, 1.54) is 6.42 Å². The monoisotopic (exact) mass is 170 g/mol. The molecule has 0 N–H and O–H groups in total. The van der Waals surface area contributed by atoms with E-state index in [1.54, 1.807) is 0 Å². The normalized spacial score (nSPS) is 31.5. The summed E-state index contributed by atoms with van der Waals surface area (Å²) in [6, 6.07) is 0. The molecule has 0 amide bonds. The SMILES string of the molecule is CC(C)C1COCC(C(C)C)C1. The molecule has 1 aliphatic heterocycles. The molecule has 0 aromatic heterocycles. The molecule has 1 rings (SSSR count). The average Bonchev–Trinajstić information content (AvgIpc) is 2.04.